The van der Waals surface area contributed by atoms with E-state index in [0.717, 1.165) is 13.2 Å². The Kier molecular flexibility index (Phi) is 4.25. The van der Waals surface area contributed by atoms with Crippen LogP contribution in [-0.2, 0) is 10.4 Å². The Balaban J connectivity index is 0.000000232. The van der Waals surface area contributed by atoms with E-state index in [0.29, 0.717) is 12.0 Å². The molecule has 3 rings (SSSR count). The molecule has 1 saturated heterocycles. The Morgan fingerprint density at radius 1 is 1.32 bits per heavy atom. The third-order valence-corrected chi connectivity index (χ3v) is 3.18. The molecule has 7 nitrogen and oxygen atoms in total. The summed E-state index contributed by atoms with van der Waals surface area (Å²) in [5.74, 6) is 0.657. The lowest BCUT2D eigenvalue weighted by molar-refractivity contribution is 0.375. The van der Waals surface area contributed by atoms with Gasteiger partial charge < -0.3 is 10.6 Å². The quantitative estimate of drug-likeness (QED) is 0.392. The molecule has 3 aliphatic rings. The molecule has 8 heteroatoms. The number of fused-ring (bicyclic) bond motifs is 2. The fraction of sp³-hybridized carbons (Fsp3) is 0.455. The number of rotatable bonds is 0. The number of dihydropyridines is 1. The van der Waals surface area contributed by atoms with Gasteiger partial charge in [0.1, 0.15) is 0 Å². The molecule has 2 atom stereocenters. The van der Waals surface area contributed by atoms with Crippen LogP contribution in [0, 0.1) is 5.92 Å². The first-order chi connectivity index (χ1) is 8.93. The monoisotopic (exact) mass is 287 g/mol. The number of hydrogen-bond donors (Lipinski definition) is 5. The van der Waals surface area contributed by atoms with Crippen molar-refractivity contribution in [3.05, 3.63) is 35.7 Å². The SMILES string of the molecule is C1=CNC2CC3CNCNC3=CC2=C1.O=S(=O)(O)O. The Labute approximate surface area is 112 Å². The van der Waals surface area contributed by atoms with Gasteiger partial charge in [-0.1, -0.05) is 6.08 Å². The molecule has 106 valence electrons. The van der Waals surface area contributed by atoms with Gasteiger partial charge in [0, 0.05) is 18.2 Å². The predicted octanol–water partition coefficient (Wildman–Crippen LogP) is -0.200. The van der Waals surface area contributed by atoms with Crippen LogP contribution < -0.4 is 16.0 Å². The maximum atomic E-state index is 8.74. The zero-order valence-corrected chi connectivity index (χ0v) is 11.0. The molecule has 0 bridgehead atoms. The van der Waals surface area contributed by atoms with Crippen LogP contribution in [0.2, 0.25) is 0 Å². The molecule has 19 heavy (non-hydrogen) atoms. The molecule has 0 aromatic rings. The van der Waals surface area contributed by atoms with Crippen molar-refractivity contribution >= 4 is 10.4 Å². The first kappa shape index (κ1) is 14.1. The topological polar surface area (TPSA) is 111 Å². The summed E-state index contributed by atoms with van der Waals surface area (Å²) in [7, 11) is -4.67. The number of hydrogen-bond acceptors (Lipinski definition) is 5. The number of allylic oxidation sites excluding steroid dienone is 2. The van der Waals surface area contributed by atoms with E-state index in [1.165, 1.54) is 17.7 Å². The highest BCUT2D eigenvalue weighted by Crippen LogP contribution is 2.28. The van der Waals surface area contributed by atoms with Crippen molar-refractivity contribution in [2.75, 3.05) is 13.2 Å². The second-order valence-corrected chi connectivity index (χ2v) is 5.43. The van der Waals surface area contributed by atoms with E-state index in [1.807, 2.05) is 6.20 Å². The summed E-state index contributed by atoms with van der Waals surface area (Å²) < 4.78 is 31.6. The first-order valence-electron chi connectivity index (χ1n) is 5.92. The van der Waals surface area contributed by atoms with Crippen LogP contribution in [0.1, 0.15) is 6.42 Å². The lowest BCUT2D eigenvalue weighted by Gasteiger charge is -2.36. The van der Waals surface area contributed by atoms with Crippen LogP contribution in [0.15, 0.2) is 35.7 Å². The molecule has 0 saturated carbocycles. The molecule has 0 aromatic carbocycles. The fourth-order valence-electron chi connectivity index (χ4n) is 2.40. The average Bonchev–Trinajstić information content (AvgIpc) is 2.34. The summed E-state index contributed by atoms with van der Waals surface area (Å²) in [6, 6.07) is 0.524. The molecular weight excluding hydrogens is 270 g/mol. The molecule has 2 unspecified atom stereocenters. The van der Waals surface area contributed by atoms with Crippen molar-refractivity contribution in [1.29, 1.82) is 0 Å². The van der Waals surface area contributed by atoms with Crippen molar-refractivity contribution in [2.24, 2.45) is 5.92 Å². The van der Waals surface area contributed by atoms with Gasteiger partial charge in [0.2, 0.25) is 0 Å². The zero-order chi connectivity index (χ0) is 13.9. The normalized spacial score (nSPS) is 28.3. The van der Waals surface area contributed by atoms with Crippen LogP contribution >= 0.6 is 0 Å². The standard InChI is InChI=1S/C11H15N3.H2O4S/c1-2-8-4-11-9(6-12-7-14-11)5-10(8)13-3-1;1-5(2,3)4/h1-4,9-10,12-14H,5-7H2;(H2,1,2,3,4). The lowest BCUT2D eigenvalue weighted by Crippen LogP contribution is -2.47. The first-order valence-corrected chi connectivity index (χ1v) is 7.32. The molecule has 1 aliphatic carbocycles. The molecule has 0 amide bonds. The molecule has 1 fully saturated rings. The van der Waals surface area contributed by atoms with Crippen LogP contribution in [-0.4, -0.2) is 36.8 Å². The van der Waals surface area contributed by atoms with Gasteiger partial charge in [0.05, 0.1) is 12.7 Å². The number of nitrogens with one attached hydrogen (secondary N) is 3. The smallest absolute Gasteiger partial charge is 0.384 e. The summed E-state index contributed by atoms with van der Waals surface area (Å²) in [6.45, 7) is 2.01. The highest BCUT2D eigenvalue weighted by atomic mass is 32.3. The maximum Gasteiger partial charge on any atom is 0.394 e. The zero-order valence-electron chi connectivity index (χ0n) is 10.2. The third-order valence-electron chi connectivity index (χ3n) is 3.18. The van der Waals surface area contributed by atoms with Crippen LogP contribution in [0.5, 0.6) is 0 Å². The highest BCUT2D eigenvalue weighted by Gasteiger charge is 2.28. The van der Waals surface area contributed by atoms with Gasteiger partial charge >= 0.3 is 10.4 Å². The largest absolute Gasteiger partial charge is 0.394 e. The second kappa shape index (κ2) is 5.74. The Morgan fingerprint density at radius 2 is 2.05 bits per heavy atom. The molecule has 0 aromatic heterocycles. The summed E-state index contributed by atoms with van der Waals surface area (Å²) in [6.07, 6.45) is 9.81. The Bertz CT molecular complexity index is 516. The highest BCUT2D eigenvalue weighted by molar-refractivity contribution is 7.79. The minimum absolute atomic E-state index is 0.524. The predicted molar refractivity (Wildman–Crippen MR) is 70.5 cm³/mol. The van der Waals surface area contributed by atoms with Gasteiger partial charge in [0.15, 0.2) is 0 Å². The van der Waals surface area contributed by atoms with Gasteiger partial charge in [0.25, 0.3) is 0 Å². The summed E-state index contributed by atoms with van der Waals surface area (Å²) >= 11 is 0. The van der Waals surface area contributed by atoms with Crippen molar-refractivity contribution in [1.82, 2.24) is 16.0 Å². The Hall–Kier alpha value is -1.35. The summed E-state index contributed by atoms with van der Waals surface area (Å²) in [5, 5.41) is 10.2. The van der Waals surface area contributed by atoms with E-state index in [4.69, 9.17) is 17.5 Å². The molecule has 2 heterocycles. The summed E-state index contributed by atoms with van der Waals surface area (Å²) in [4.78, 5) is 0. The molecule has 0 spiro atoms. The van der Waals surface area contributed by atoms with E-state index in [-0.39, 0.29) is 0 Å². The Morgan fingerprint density at radius 3 is 2.79 bits per heavy atom. The summed E-state index contributed by atoms with van der Waals surface area (Å²) in [5.41, 5.74) is 2.82. The average molecular weight is 287 g/mol. The molecule has 2 aliphatic heterocycles. The van der Waals surface area contributed by atoms with Gasteiger partial charge in [-0.2, -0.15) is 8.42 Å². The van der Waals surface area contributed by atoms with Gasteiger partial charge in [-0.25, -0.2) is 0 Å². The van der Waals surface area contributed by atoms with Crippen molar-refractivity contribution in [3.8, 4) is 0 Å². The van der Waals surface area contributed by atoms with E-state index >= 15 is 0 Å². The second-order valence-electron chi connectivity index (χ2n) is 4.53. The van der Waals surface area contributed by atoms with Crippen molar-refractivity contribution in [3.63, 3.8) is 0 Å². The van der Waals surface area contributed by atoms with Crippen LogP contribution in [0.4, 0.5) is 0 Å². The molecule has 5 N–H and O–H groups in total. The fourth-order valence-corrected chi connectivity index (χ4v) is 2.40. The van der Waals surface area contributed by atoms with Gasteiger partial charge in [-0.05, 0) is 30.3 Å². The van der Waals surface area contributed by atoms with Gasteiger partial charge in [-0.3, -0.25) is 14.4 Å². The van der Waals surface area contributed by atoms with Crippen LogP contribution in [0.3, 0.4) is 0 Å². The lowest BCUT2D eigenvalue weighted by atomic mass is 9.83. The maximum absolute atomic E-state index is 8.74. The van der Waals surface area contributed by atoms with Crippen LogP contribution in [0.25, 0.3) is 0 Å². The van der Waals surface area contributed by atoms with E-state index in [2.05, 4.69) is 34.2 Å². The third kappa shape index (κ3) is 4.35. The minimum atomic E-state index is -4.67. The van der Waals surface area contributed by atoms with Crippen molar-refractivity contribution < 1.29 is 17.5 Å². The minimum Gasteiger partial charge on any atom is -0.384 e. The van der Waals surface area contributed by atoms with E-state index in [9.17, 15) is 0 Å². The van der Waals surface area contributed by atoms with E-state index in [1.54, 1.807) is 0 Å². The molecular formula is C11H17N3O4S. The van der Waals surface area contributed by atoms with Gasteiger partial charge in [-0.15, -0.1) is 0 Å². The van der Waals surface area contributed by atoms with E-state index < -0.39 is 10.4 Å². The molecule has 0 radical (unpaired) electrons. The van der Waals surface area contributed by atoms with Crippen molar-refractivity contribution in [2.45, 2.75) is 12.5 Å².